The van der Waals surface area contributed by atoms with Gasteiger partial charge in [-0.15, -0.1) is 0 Å². The third-order valence-corrected chi connectivity index (χ3v) is 6.66. The first-order valence-corrected chi connectivity index (χ1v) is 10.3. The lowest BCUT2D eigenvalue weighted by Gasteiger charge is -2.40. The van der Waals surface area contributed by atoms with Crippen LogP contribution in [-0.4, -0.2) is 44.4 Å². The van der Waals surface area contributed by atoms with Crippen LogP contribution in [-0.2, 0) is 14.9 Å². The van der Waals surface area contributed by atoms with Gasteiger partial charge in [0.2, 0.25) is 5.91 Å². The molecule has 1 atom stereocenters. The zero-order valence-corrected chi connectivity index (χ0v) is 17.0. The fourth-order valence-corrected chi connectivity index (χ4v) is 4.97. The van der Waals surface area contributed by atoms with Crippen molar-refractivity contribution in [3.8, 4) is 0 Å². The van der Waals surface area contributed by atoms with Crippen LogP contribution in [0.3, 0.4) is 0 Å². The Morgan fingerprint density at radius 1 is 1.03 bits per heavy atom. The van der Waals surface area contributed by atoms with E-state index in [1.54, 1.807) is 0 Å². The van der Waals surface area contributed by atoms with Crippen LogP contribution in [0.1, 0.15) is 25.0 Å². The molecule has 5 nitrogen and oxygen atoms in total. The molecule has 3 aliphatic rings. The van der Waals surface area contributed by atoms with Crippen LogP contribution in [0.5, 0.6) is 0 Å². The van der Waals surface area contributed by atoms with E-state index in [-0.39, 0.29) is 11.3 Å². The summed E-state index contributed by atoms with van der Waals surface area (Å²) in [7, 11) is 0. The number of hydrogen-bond donors (Lipinski definition) is 1. The molecule has 0 radical (unpaired) electrons. The Labute approximate surface area is 172 Å². The molecule has 2 fully saturated rings. The summed E-state index contributed by atoms with van der Waals surface area (Å²) in [5.41, 5.74) is 3.99. The van der Waals surface area contributed by atoms with Crippen molar-refractivity contribution >= 4 is 23.4 Å². The summed E-state index contributed by atoms with van der Waals surface area (Å²) < 4.78 is 5.44. The Hall–Kier alpha value is -2.79. The highest BCUT2D eigenvalue weighted by Crippen LogP contribution is 2.52. The first-order valence-electron chi connectivity index (χ1n) is 10.3. The monoisotopic (exact) mass is 389 g/mol. The second-order valence-electron chi connectivity index (χ2n) is 8.57. The molecule has 2 aromatic carbocycles. The van der Waals surface area contributed by atoms with Crippen molar-refractivity contribution in [2.45, 2.75) is 24.9 Å². The Morgan fingerprint density at radius 3 is 2.52 bits per heavy atom. The first-order chi connectivity index (χ1) is 14.0. The Balaban J connectivity index is 1.45. The number of carbonyl (C=O) groups excluding carboxylic acids is 1. The number of anilines is 2. The van der Waals surface area contributed by atoms with Crippen LogP contribution in [0.2, 0.25) is 0 Å². The number of nitrogens with zero attached hydrogens (tertiary/aromatic N) is 2. The quantitative estimate of drug-likeness (QED) is 0.876. The summed E-state index contributed by atoms with van der Waals surface area (Å²) in [6.07, 6.45) is 4.30. The van der Waals surface area contributed by atoms with E-state index >= 15 is 0 Å². The Bertz CT molecular complexity index is 960. The second kappa shape index (κ2) is 6.63. The molecule has 29 heavy (non-hydrogen) atoms. The maximum Gasteiger partial charge on any atom is 0.241 e. The Morgan fingerprint density at radius 2 is 1.76 bits per heavy atom. The van der Waals surface area contributed by atoms with E-state index in [0.29, 0.717) is 6.54 Å². The van der Waals surface area contributed by atoms with Crippen LogP contribution >= 0.6 is 0 Å². The lowest BCUT2D eigenvalue weighted by atomic mass is 9.75. The van der Waals surface area contributed by atoms with E-state index in [0.717, 1.165) is 37.6 Å². The maximum absolute atomic E-state index is 12.4. The minimum absolute atomic E-state index is 0.0693. The third-order valence-electron chi connectivity index (χ3n) is 6.66. The van der Waals surface area contributed by atoms with Crippen molar-refractivity contribution in [1.29, 1.82) is 0 Å². The number of nitrogens with one attached hydrogen (secondary N) is 1. The van der Waals surface area contributed by atoms with E-state index in [2.05, 4.69) is 83.6 Å². The molecular weight excluding hydrogens is 362 g/mol. The SMILES string of the molecule is CC1(C)c2ccccc2N2CC(=O)N[C@@]21/C=C/c1ccc(N2CCOCC2)cc1. The predicted molar refractivity (Wildman–Crippen MR) is 116 cm³/mol. The number of rotatable bonds is 3. The van der Waals surface area contributed by atoms with Gasteiger partial charge < -0.3 is 19.9 Å². The highest BCUT2D eigenvalue weighted by molar-refractivity contribution is 5.91. The fraction of sp³-hybridized carbons (Fsp3) is 0.375. The smallest absolute Gasteiger partial charge is 0.241 e. The van der Waals surface area contributed by atoms with Crippen molar-refractivity contribution < 1.29 is 9.53 Å². The largest absolute Gasteiger partial charge is 0.378 e. The summed E-state index contributed by atoms with van der Waals surface area (Å²) in [5.74, 6) is 0.0693. The standard InChI is InChI=1S/C24H27N3O2/c1-23(2)20-5-3-4-6-21(20)27-17-22(28)25-24(23,27)12-11-18-7-9-19(10-8-18)26-13-15-29-16-14-26/h3-12H,13-17H2,1-2H3,(H,25,28)/b12-11+/t24-/m0/s1. The minimum Gasteiger partial charge on any atom is -0.378 e. The minimum atomic E-state index is -0.545. The molecule has 2 aromatic rings. The van der Waals surface area contributed by atoms with Gasteiger partial charge in [-0.2, -0.15) is 0 Å². The number of benzene rings is 2. The highest BCUT2D eigenvalue weighted by atomic mass is 16.5. The average molecular weight is 389 g/mol. The number of para-hydroxylation sites is 1. The van der Waals surface area contributed by atoms with Crippen molar-refractivity contribution in [1.82, 2.24) is 5.32 Å². The van der Waals surface area contributed by atoms with E-state index in [9.17, 15) is 4.79 Å². The van der Waals surface area contributed by atoms with Crippen LogP contribution in [0.15, 0.2) is 54.6 Å². The molecule has 0 unspecified atom stereocenters. The molecule has 3 aliphatic heterocycles. The number of morpholine rings is 1. The predicted octanol–water partition coefficient (Wildman–Crippen LogP) is 3.16. The molecule has 0 aliphatic carbocycles. The van der Waals surface area contributed by atoms with Gasteiger partial charge in [0.05, 0.1) is 19.8 Å². The summed E-state index contributed by atoms with van der Waals surface area (Å²) in [5, 5.41) is 3.28. The fourth-order valence-electron chi connectivity index (χ4n) is 4.97. The zero-order valence-electron chi connectivity index (χ0n) is 17.0. The number of carbonyl (C=O) groups is 1. The van der Waals surface area contributed by atoms with E-state index in [1.807, 2.05) is 6.07 Å². The number of hydrogen-bond acceptors (Lipinski definition) is 4. The molecule has 0 aromatic heterocycles. The van der Waals surface area contributed by atoms with Crippen molar-refractivity contribution in [2.75, 3.05) is 42.6 Å². The van der Waals surface area contributed by atoms with Crippen LogP contribution < -0.4 is 15.1 Å². The van der Waals surface area contributed by atoms with Crippen LogP contribution in [0.4, 0.5) is 11.4 Å². The third kappa shape index (κ3) is 2.76. The number of fused-ring (bicyclic) bond motifs is 3. The Kier molecular flexibility index (Phi) is 4.17. The molecule has 5 rings (SSSR count). The summed E-state index contributed by atoms with van der Waals surface area (Å²) in [6.45, 7) is 8.26. The first kappa shape index (κ1) is 18.3. The van der Waals surface area contributed by atoms with Crippen LogP contribution in [0, 0.1) is 0 Å². The van der Waals surface area contributed by atoms with Gasteiger partial charge in [0.25, 0.3) is 0 Å². The molecule has 1 N–H and O–H groups in total. The maximum atomic E-state index is 12.4. The molecule has 0 bridgehead atoms. The van der Waals surface area contributed by atoms with Gasteiger partial charge in [0.1, 0.15) is 5.66 Å². The molecule has 3 heterocycles. The van der Waals surface area contributed by atoms with Gasteiger partial charge in [0.15, 0.2) is 0 Å². The van der Waals surface area contributed by atoms with E-state index in [4.69, 9.17) is 4.74 Å². The number of amides is 1. The molecule has 5 heteroatoms. The summed E-state index contributed by atoms with van der Waals surface area (Å²) >= 11 is 0. The lowest BCUT2D eigenvalue weighted by molar-refractivity contribution is -0.118. The van der Waals surface area contributed by atoms with E-state index in [1.165, 1.54) is 11.3 Å². The van der Waals surface area contributed by atoms with Crippen LogP contribution in [0.25, 0.3) is 6.08 Å². The van der Waals surface area contributed by atoms with Gasteiger partial charge >= 0.3 is 0 Å². The van der Waals surface area contributed by atoms with Gasteiger partial charge in [-0.25, -0.2) is 0 Å². The molecule has 0 spiro atoms. The second-order valence-corrected chi connectivity index (χ2v) is 8.57. The number of ether oxygens (including phenoxy) is 1. The molecule has 1 amide bonds. The van der Waals surface area contributed by atoms with Crippen molar-refractivity contribution in [3.05, 3.63) is 65.7 Å². The highest BCUT2D eigenvalue weighted by Gasteiger charge is 2.59. The van der Waals surface area contributed by atoms with Gasteiger partial charge in [-0.1, -0.05) is 50.3 Å². The van der Waals surface area contributed by atoms with Gasteiger partial charge in [-0.3, -0.25) is 4.79 Å². The summed E-state index contributed by atoms with van der Waals surface area (Å²) in [4.78, 5) is 17.0. The lowest BCUT2D eigenvalue weighted by Crippen LogP contribution is -2.58. The molecule has 150 valence electrons. The molecular formula is C24H27N3O2. The molecule has 0 saturated carbocycles. The van der Waals surface area contributed by atoms with Gasteiger partial charge in [-0.05, 0) is 35.4 Å². The molecule has 2 saturated heterocycles. The van der Waals surface area contributed by atoms with Crippen molar-refractivity contribution in [3.63, 3.8) is 0 Å². The van der Waals surface area contributed by atoms with E-state index < -0.39 is 5.66 Å². The average Bonchev–Trinajstić information content (AvgIpc) is 3.18. The van der Waals surface area contributed by atoms with Crippen molar-refractivity contribution in [2.24, 2.45) is 0 Å². The normalized spacial score (nSPS) is 25.2. The topological polar surface area (TPSA) is 44.8 Å². The van der Waals surface area contributed by atoms with Gasteiger partial charge in [0, 0.05) is 29.9 Å². The summed E-state index contributed by atoms with van der Waals surface area (Å²) in [6, 6.07) is 17.0. The zero-order chi connectivity index (χ0) is 20.1.